The molecule has 1 N–H and O–H groups in total. The van der Waals surface area contributed by atoms with E-state index < -0.39 is 28.5 Å². The molecular formula is C31H38BrN3O5S. The molecule has 0 fully saturated rings. The third-order valence-electron chi connectivity index (χ3n) is 6.75. The van der Waals surface area contributed by atoms with E-state index in [0.717, 1.165) is 38.3 Å². The topological polar surface area (TPSA) is 96.0 Å². The van der Waals surface area contributed by atoms with Crippen LogP contribution in [0.2, 0.25) is 0 Å². The largest absolute Gasteiger partial charge is 0.495 e. The van der Waals surface area contributed by atoms with Crippen LogP contribution in [0.15, 0.2) is 76.1 Å². The number of halogens is 1. The van der Waals surface area contributed by atoms with Crippen LogP contribution < -0.4 is 14.4 Å². The zero-order valence-electron chi connectivity index (χ0n) is 24.2. The van der Waals surface area contributed by atoms with Gasteiger partial charge in [-0.05, 0) is 74.7 Å². The zero-order chi connectivity index (χ0) is 30.2. The second-order valence-electron chi connectivity index (χ2n) is 9.97. The molecule has 0 heterocycles. The maximum atomic E-state index is 14.1. The molecule has 0 aliphatic heterocycles. The highest BCUT2D eigenvalue weighted by atomic mass is 79.9. The smallest absolute Gasteiger partial charge is 0.264 e. The summed E-state index contributed by atoms with van der Waals surface area (Å²) >= 11 is 3.42. The molecular weight excluding hydrogens is 606 g/mol. The van der Waals surface area contributed by atoms with Crippen molar-refractivity contribution in [2.24, 2.45) is 0 Å². The summed E-state index contributed by atoms with van der Waals surface area (Å²) in [5.74, 6) is -0.515. The number of benzene rings is 3. The van der Waals surface area contributed by atoms with E-state index in [9.17, 15) is 18.0 Å². The Morgan fingerprint density at radius 3 is 2.22 bits per heavy atom. The first-order valence-corrected chi connectivity index (χ1v) is 15.8. The molecule has 0 radical (unpaired) electrons. The van der Waals surface area contributed by atoms with Gasteiger partial charge in [-0.2, -0.15) is 0 Å². The molecule has 2 amide bonds. The Bertz CT molecular complexity index is 1440. The van der Waals surface area contributed by atoms with Gasteiger partial charge in [0.1, 0.15) is 18.3 Å². The first-order chi connectivity index (χ1) is 19.5. The molecule has 0 aliphatic carbocycles. The Morgan fingerprint density at radius 1 is 0.976 bits per heavy atom. The van der Waals surface area contributed by atoms with Gasteiger partial charge in [-0.1, -0.05) is 65.2 Å². The number of hydrogen-bond donors (Lipinski definition) is 1. The minimum atomic E-state index is -4.19. The summed E-state index contributed by atoms with van der Waals surface area (Å²) in [6.07, 6.45) is 1.73. The molecule has 0 aromatic heterocycles. The van der Waals surface area contributed by atoms with Crippen LogP contribution in [0.5, 0.6) is 5.75 Å². The van der Waals surface area contributed by atoms with Crippen LogP contribution in [0.3, 0.4) is 0 Å². The number of hydrogen-bond acceptors (Lipinski definition) is 5. The number of carbonyl (C=O) groups is 2. The molecule has 3 aromatic carbocycles. The van der Waals surface area contributed by atoms with E-state index in [1.54, 1.807) is 31.2 Å². The van der Waals surface area contributed by atoms with Gasteiger partial charge in [-0.25, -0.2) is 8.42 Å². The zero-order valence-corrected chi connectivity index (χ0v) is 26.6. The number of amides is 2. The molecule has 0 saturated carbocycles. The van der Waals surface area contributed by atoms with Crippen molar-refractivity contribution >= 4 is 43.5 Å². The molecule has 0 spiro atoms. The van der Waals surface area contributed by atoms with Gasteiger partial charge in [-0.15, -0.1) is 0 Å². The molecule has 0 aliphatic rings. The van der Waals surface area contributed by atoms with Gasteiger partial charge in [0.15, 0.2) is 0 Å². The highest BCUT2D eigenvalue weighted by Gasteiger charge is 2.33. The second kappa shape index (κ2) is 14.5. The summed E-state index contributed by atoms with van der Waals surface area (Å²) < 4.78 is 35.6. The van der Waals surface area contributed by atoms with E-state index >= 15 is 0 Å². The molecule has 3 rings (SSSR count). The Labute approximate surface area is 251 Å². The maximum absolute atomic E-state index is 14.1. The summed E-state index contributed by atoms with van der Waals surface area (Å²) in [6, 6.07) is 18.2. The molecule has 10 heteroatoms. The fourth-order valence-electron chi connectivity index (χ4n) is 4.25. The number of carbonyl (C=O) groups excluding carboxylic acids is 2. The number of anilines is 1. The number of rotatable bonds is 13. The molecule has 41 heavy (non-hydrogen) atoms. The minimum Gasteiger partial charge on any atom is -0.495 e. The van der Waals surface area contributed by atoms with E-state index in [0.29, 0.717) is 12.3 Å². The third-order valence-corrected chi connectivity index (χ3v) is 9.06. The van der Waals surface area contributed by atoms with Gasteiger partial charge in [0.25, 0.3) is 10.0 Å². The van der Waals surface area contributed by atoms with E-state index in [2.05, 4.69) is 21.2 Å². The second-order valence-corrected chi connectivity index (χ2v) is 12.7. The van der Waals surface area contributed by atoms with Crippen molar-refractivity contribution < 1.29 is 22.7 Å². The van der Waals surface area contributed by atoms with Crippen LogP contribution in [0.25, 0.3) is 0 Å². The molecule has 3 aromatic rings. The Morgan fingerprint density at radius 2 is 1.61 bits per heavy atom. The molecule has 220 valence electrons. The minimum absolute atomic E-state index is 0.0456. The van der Waals surface area contributed by atoms with Crippen molar-refractivity contribution in [2.75, 3.05) is 24.5 Å². The van der Waals surface area contributed by atoms with Gasteiger partial charge < -0.3 is 15.0 Å². The van der Waals surface area contributed by atoms with Crippen LogP contribution in [0.4, 0.5) is 5.69 Å². The number of aryl methyl sites for hydroxylation is 2. The Balaban J connectivity index is 2.06. The summed E-state index contributed by atoms with van der Waals surface area (Å²) in [4.78, 5) is 28.6. The summed E-state index contributed by atoms with van der Waals surface area (Å²) in [5.41, 5.74) is 2.75. The van der Waals surface area contributed by atoms with Crippen molar-refractivity contribution in [3.63, 3.8) is 0 Å². The lowest BCUT2D eigenvalue weighted by molar-refractivity contribution is -0.139. The number of unbranched alkanes of at least 4 members (excludes halogenated alkanes) is 1. The van der Waals surface area contributed by atoms with Gasteiger partial charge in [-0.3, -0.25) is 13.9 Å². The van der Waals surface area contributed by atoms with Crippen LogP contribution in [0.1, 0.15) is 43.4 Å². The average molecular weight is 645 g/mol. The Hall–Kier alpha value is -3.37. The number of nitrogens with zero attached hydrogens (tertiary/aromatic N) is 2. The van der Waals surface area contributed by atoms with Gasteiger partial charge in [0.2, 0.25) is 11.8 Å². The van der Waals surface area contributed by atoms with Crippen LogP contribution >= 0.6 is 15.9 Å². The molecule has 8 nitrogen and oxygen atoms in total. The van der Waals surface area contributed by atoms with Crippen molar-refractivity contribution in [2.45, 2.75) is 58.0 Å². The molecule has 0 bridgehead atoms. The SMILES string of the molecule is CCCCNC(=O)[C@@H](C)N(Cc1ccc(Br)cc1)C(=O)CN(c1cc(C)ccc1OC)S(=O)(=O)c1ccc(C)cc1. The standard InChI is InChI=1S/C31H38BrN3O5S/c1-6-7-18-33-31(37)24(4)34(20-25-11-13-26(32)14-12-25)30(36)21-35(28-19-23(3)10-17-29(28)40-5)41(38,39)27-15-8-22(2)9-16-27/h8-17,19,24H,6-7,18,20-21H2,1-5H3,(H,33,37)/t24-/m1/s1. The van der Waals surface area contributed by atoms with Crippen LogP contribution in [-0.4, -0.2) is 51.4 Å². The van der Waals surface area contributed by atoms with Gasteiger partial charge in [0, 0.05) is 17.6 Å². The van der Waals surface area contributed by atoms with Crippen molar-refractivity contribution in [3.05, 3.63) is 87.9 Å². The number of methoxy groups -OCH3 is 1. The van der Waals surface area contributed by atoms with Crippen molar-refractivity contribution in [1.29, 1.82) is 0 Å². The summed E-state index contributed by atoms with van der Waals surface area (Å²) in [6.45, 7) is 7.48. The lowest BCUT2D eigenvalue weighted by atomic mass is 10.1. The fourth-order valence-corrected chi connectivity index (χ4v) is 5.93. The quantitative estimate of drug-likeness (QED) is 0.245. The maximum Gasteiger partial charge on any atom is 0.264 e. The van der Waals surface area contributed by atoms with Gasteiger partial charge in [0.05, 0.1) is 17.7 Å². The van der Waals surface area contributed by atoms with E-state index in [4.69, 9.17) is 4.74 Å². The third kappa shape index (κ3) is 8.33. The number of ether oxygens (including phenoxy) is 1. The first-order valence-electron chi connectivity index (χ1n) is 13.5. The summed E-state index contributed by atoms with van der Waals surface area (Å²) in [7, 11) is -2.74. The average Bonchev–Trinajstić information content (AvgIpc) is 2.95. The molecule has 0 unspecified atom stereocenters. The first kappa shape index (κ1) is 32.1. The van der Waals surface area contributed by atoms with E-state index in [1.807, 2.05) is 51.1 Å². The number of nitrogens with one attached hydrogen (secondary N) is 1. The summed E-state index contributed by atoms with van der Waals surface area (Å²) in [5, 5.41) is 2.89. The highest BCUT2D eigenvalue weighted by Crippen LogP contribution is 2.34. The lowest BCUT2D eigenvalue weighted by Gasteiger charge is -2.32. The number of sulfonamides is 1. The van der Waals surface area contributed by atoms with E-state index in [-0.39, 0.29) is 23.0 Å². The van der Waals surface area contributed by atoms with Crippen molar-refractivity contribution in [3.8, 4) is 5.75 Å². The normalized spacial score (nSPS) is 12.0. The van der Waals surface area contributed by atoms with Crippen LogP contribution in [0, 0.1) is 13.8 Å². The monoisotopic (exact) mass is 643 g/mol. The van der Waals surface area contributed by atoms with E-state index in [1.165, 1.54) is 24.1 Å². The predicted molar refractivity (Wildman–Crippen MR) is 166 cm³/mol. The van der Waals surface area contributed by atoms with Gasteiger partial charge >= 0.3 is 0 Å². The van der Waals surface area contributed by atoms with Crippen molar-refractivity contribution in [1.82, 2.24) is 10.2 Å². The molecule has 0 saturated heterocycles. The Kier molecular flexibility index (Phi) is 11.4. The molecule has 1 atom stereocenters. The van der Waals surface area contributed by atoms with Crippen LogP contribution in [-0.2, 0) is 26.2 Å². The lowest BCUT2D eigenvalue weighted by Crippen LogP contribution is -2.51. The predicted octanol–water partition coefficient (Wildman–Crippen LogP) is 5.60. The highest BCUT2D eigenvalue weighted by molar-refractivity contribution is 9.10. The fraction of sp³-hybridized carbons (Fsp3) is 0.355.